The number of nitrogens with zero attached hydrogens (tertiary/aromatic N) is 4. The number of ether oxygens (including phenoxy) is 1. The largest absolute Gasteiger partial charge is 0.371 e. The number of rotatable bonds is 8. The molecule has 2 heterocycles. The summed E-state index contributed by atoms with van der Waals surface area (Å²) in [5.74, 6) is 1.90. The van der Waals surface area contributed by atoms with Crippen LogP contribution in [0.3, 0.4) is 0 Å². The number of hydrogen-bond acceptors (Lipinski definition) is 6. The molecule has 0 radical (unpaired) electrons. The summed E-state index contributed by atoms with van der Waals surface area (Å²) in [7, 11) is 0. The first-order chi connectivity index (χ1) is 13.7. The molecule has 0 aromatic carbocycles. The first-order valence-electron chi connectivity index (χ1n) is 10.9. The van der Waals surface area contributed by atoms with Crippen LogP contribution in [0.1, 0.15) is 77.1 Å². The van der Waals surface area contributed by atoms with Gasteiger partial charge in [0.15, 0.2) is 11.8 Å². The van der Waals surface area contributed by atoms with Gasteiger partial charge >= 0.3 is 0 Å². The molecule has 29 heavy (non-hydrogen) atoms. The summed E-state index contributed by atoms with van der Waals surface area (Å²) in [6, 6.07) is 1.29. The van der Waals surface area contributed by atoms with Crippen molar-refractivity contribution in [3.05, 3.63) is 11.7 Å². The molecule has 2 N–H and O–H groups in total. The molecule has 0 bridgehead atoms. The molecule has 0 spiro atoms. The maximum absolute atomic E-state index is 5.50. The van der Waals surface area contributed by atoms with Crippen LogP contribution in [-0.4, -0.2) is 59.3 Å². The van der Waals surface area contributed by atoms with E-state index in [0.29, 0.717) is 30.9 Å². The van der Waals surface area contributed by atoms with Crippen LogP contribution in [0.15, 0.2) is 9.52 Å². The van der Waals surface area contributed by atoms with Crippen LogP contribution in [0.4, 0.5) is 0 Å². The van der Waals surface area contributed by atoms with Crippen molar-refractivity contribution in [3.63, 3.8) is 0 Å². The van der Waals surface area contributed by atoms with Crippen LogP contribution in [-0.2, 0) is 11.3 Å². The number of hydrogen-bond donors (Lipinski definition) is 2. The molecule has 3 rings (SSSR count). The van der Waals surface area contributed by atoms with Gasteiger partial charge in [0, 0.05) is 38.3 Å². The Labute approximate surface area is 191 Å². The zero-order chi connectivity index (χ0) is 19.8. The van der Waals surface area contributed by atoms with Gasteiger partial charge in [0.25, 0.3) is 0 Å². The quantitative estimate of drug-likeness (QED) is 0.309. The van der Waals surface area contributed by atoms with Crippen LogP contribution >= 0.6 is 24.0 Å². The van der Waals surface area contributed by atoms with E-state index in [1.165, 1.54) is 38.8 Å². The zero-order valence-corrected chi connectivity index (χ0v) is 20.4. The summed E-state index contributed by atoms with van der Waals surface area (Å²) >= 11 is 0. The van der Waals surface area contributed by atoms with Crippen LogP contribution in [0.5, 0.6) is 0 Å². The average Bonchev–Trinajstić information content (AvgIpc) is 3.39. The molecular weight excluding hydrogens is 483 g/mol. The summed E-state index contributed by atoms with van der Waals surface area (Å²) in [4.78, 5) is 11.7. The Kier molecular flexibility index (Phi) is 10.6. The monoisotopic (exact) mass is 520 g/mol. The van der Waals surface area contributed by atoms with Crippen molar-refractivity contribution in [2.75, 3.05) is 26.2 Å². The Morgan fingerprint density at radius 1 is 1.24 bits per heavy atom. The second-order valence-electron chi connectivity index (χ2n) is 7.73. The lowest BCUT2D eigenvalue weighted by atomic mass is 10.0. The number of piperidine rings is 1. The molecular formula is C20H37IN6O2. The summed E-state index contributed by atoms with van der Waals surface area (Å²) in [6.07, 6.45) is 7.74. The summed E-state index contributed by atoms with van der Waals surface area (Å²) < 4.78 is 10.8. The molecule has 2 fully saturated rings. The van der Waals surface area contributed by atoms with Gasteiger partial charge in [-0.3, -0.25) is 0 Å². The van der Waals surface area contributed by atoms with E-state index in [-0.39, 0.29) is 30.1 Å². The SMILES string of the molecule is CCNC(=NCc1nc(C(C)OCC)no1)NC1CCN(C2CCCC2)CC1.I. The molecule has 1 saturated heterocycles. The lowest BCUT2D eigenvalue weighted by Crippen LogP contribution is -2.50. The molecule has 1 aromatic heterocycles. The first-order valence-corrected chi connectivity index (χ1v) is 10.9. The second kappa shape index (κ2) is 12.7. The van der Waals surface area contributed by atoms with Crippen molar-refractivity contribution in [1.82, 2.24) is 25.7 Å². The minimum absolute atomic E-state index is 0. The minimum Gasteiger partial charge on any atom is -0.371 e. The highest BCUT2D eigenvalue weighted by Crippen LogP contribution is 2.26. The van der Waals surface area contributed by atoms with E-state index in [9.17, 15) is 0 Å². The van der Waals surface area contributed by atoms with E-state index in [2.05, 4.69) is 37.6 Å². The van der Waals surface area contributed by atoms with Gasteiger partial charge in [-0.25, -0.2) is 4.99 Å². The van der Waals surface area contributed by atoms with E-state index < -0.39 is 0 Å². The van der Waals surface area contributed by atoms with E-state index in [0.717, 1.165) is 31.4 Å². The number of aromatic nitrogens is 2. The van der Waals surface area contributed by atoms with Gasteiger partial charge < -0.3 is 24.8 Å². The van der Waals surface area contributed by atoms with Crippen molar-refractivity contribution in [3.8, 4) is 0 Å². The maximum atomic E-state index is 5.50. The fourth-order valence-electron chi connectivity index (χ4n) is 4.16. The van der Waals surface area contributed by atoms with Gasteiger partial charge in [-0.2, -0.15) is 4.98 Å². The number of aliphatic imine (C=N–C) groups is 1. The standard InChI is InChI=1S/C20H36N6O2.HI/c1-4-21-20(22-14-18-24-19(25-28-18)15(3)27-5-2)23-16-10-12-26(13-11-16)17-8-6-7-9-17;/h15-17H,4-14H2,1-3H3,(H2,21,22,23);1H. The minimum atomic E-state index is -0.164. The normalized spacial score (nSPS) is 20.4. The molecule has 0 amide bonds. The van der Waals surface area contributed by atoms with Gasteiger partial charge in [0.05, 0.1) is 0 Å². The van der Waals surface area contributed by atoms with Crippen molar-refractivity contribution in [2.45, 2.75) is 84.0 Å². The zero-order valence-electron chi connectivity index (χ0n) is 18.0. The molecule has 1 aliphatic carbocycles. The Bertz CT molecular complexity index is 612. The predicted molar refractivity (Wildman–Crippen MR) is 125 cm³/mol. The van der Waals surface area contributed by atoms with Gasteiger partial charge in [-0.1, -0.05) is 18.0 Å². The first kappa shape index (κ1) is 24.3. The topological polar surface area (TPSA) is 87.8 Å². The second-order valence-corrected chi connectivity index (χ2v) is 7.73. The predicted octanol–water partition coefficient (Wildman–Crippen LogP) is 3.25. The van der Waals surface area contributed by atoms with Gasteiger partial charge in [-0.05, 0) is 46.5 Å². The van der Waals surface area contributed by atoms with Crippen LogP contribution in [0, 0.1) is 0 Å². The highest BCUT2D eigenvalue weighted by Gasteiger charge is 2.27. The third-order valence-electron chi connectivity index (χ3n) is 5.69. The van der Waals surface area contributed by atoms with E-state index in [1.807, 2.05) is 13.8 Å². The molecule has 8 nitrogen and oxygen atoms in total. The molecule has 9 heteroatoms. The van der Waals surface area contributed by atoms with Gasteiger partial charge in [0.2, 0.25) is 5.89 Å². The van der Waals surface area contributed by atoms with Gasteiger partial charge in [0.1, 0.15) is 12.6 Å². The molecule has 1 unspecified atom stereocenters. The number of halogens is 1. The van der Waals surface area contributed by atoms with Crippen molar-refractivity contribution < 1.29 is 9.26 Å². The molecule has 2 aliphatic rings. The fourth-order valence-corrected chi connectivity index (χ4v) is 4.16. The third-order valence-corrected chi connectivity index (χ3v) is 5.69. The van der Waals surface area contributed by atoms with E-state index in [1.54, 1.807) is 0 Å². The highest BCUT2D eigenvalue weighted by atomic mass is 127. The van der Waals surface area contributed by atoms with Crippen molar-refractivity contribution in [1.29, 1.82) is 0 Å². The molecule has 1 aromatic rings. The van der Waals surface area contributed by atoms with Crippen LogP contribution < -0.4 is 10.6 Å². The smallest absolute Gasteiger partial charge is 0.248 e. The summed E-state index contributed by atoms with van der Waals surface area (Å²) in [5, 5.41) is 10.9. The number of guanidine groups is 1. The lowest BCUT2D eigenvalue weighted by Gasteiger charge is -2.36. The van der Waals surface area contributed by atoms with Crippen LogP contribution in [0.2, 0.25) is 0 Å². The Balaban J connectivity index is 0.00000300. The lowest BCUT2D eigenvalue weighted by molar-refractivity contribution is 0.0683. The summed E-state index contributed by atoms with van der Waals surface area (Å²) in [5.41, 5.74) is 0. The fraction of sp³-hybridized carbons (Fsp3) is 0.850. The van der Waals surface area contributed by atoms with Gasteiger partial charge in [-0.15, -0.1) is 24.0 Å². The highest BCUT2D eigenvalue weighted by molar-refractivity contribution is 14.0. The molecule has 1 atom stereocenters. The van der Waals surface area contributed by atoms with E-state index in [4.69, 9.17) is 9.26 Å². The maximum Gasteiger partial charge on any atom is 0.248 e. The van der Waals surface area contributed by atoms with E-state index >= 15 is 0 Å². The Hall–Kier alpha value is -0.940. The molecule has 1 saturated carbocycles. The number of likely N-dealkylation sites (tertiary alicyclic amines) is 1. The van der Waals surface area contributed by atoms with Crippen LogP contribution in [0.25, 0.3) is 0 Å². The number of nitrogens with one attached hydrogen (secondary N) is 2. The molecule has 166 valence electrons. The molecule has 1 aliphatic heterocycles. The summed E-state index contributed by atoms with van der Waals surface area (Å²) in [6.45, 7) is 10.1. The van der Waals surface area contributed by atoms with Crippen molar-refractivity contribution >= 4 is 29.9 Å². The van der Waals surface area contributed by atoms with Crippen molar-refractivity contribution in [2.24, 2.45) is 4.99 Å². The third kappa shape index (κ3) is 7.36. The Morgan fingerprint density at radius 2 is 1.97 bits per heavy atom. The average molecular weight is 520 g/mol. The Morgan fingerprint density at radius 3 is 2.62 bits per heavy atom.